The number of piperazine rings is 1. The molecule has 1 atom stereocenters. The molecule has 2 amide bonds. The number of nitrogens with zero attached hydrogens (tertiary/aromatic N) is 1. The Hall–Kier alpha value is -2.98. The first-order valence-electron chi connectivity index (χ1n) is 12.9. The van der Waals surface area contributed by atoms with Crippen molar-refractivity contribution in [3.8, 4) is 5.75 Å². The van der Waals surface area contributed by atoms with Crippen LogP contribution in [0.2, 0.25) is 0 Å². The number of ether oxygens (including phenoxy) is 2. The van der Waals surface area contributed by atoms with Gasteiger partial charge in [0.25, 0.3) is 5.91 Å². The van der Waals surface area contributed by atoms with Crippen molar-refractivity contribution in [3.05, 3.63) is 64.1 Å². The normalized spacial score (nSPS) is 14.9. The van der Waals surface area contributed by atoms with Crippen molar-refractivity contribution < 1.29 is 23.9 Å². The van der Waals surface area contributed by atoms with Gasteiger partial charge in [-0.25, -0.2) is 0 Å². The fourth-order valence-electron chi connectivity index (χ4n) is 4.02. The van der Waals surface area contributed by atoms with Crippen LogP contribution in [0.4, 0.5) is 0 Å². The van der Waals surface area contributed by atoms with Crippen LogP contribution in [0.25, 0.3) is 0 Å². The minimum Gasteiger partial charge on any atom is -0.492 e. The highest BCUT2D eigenvalue weighted by Crippen LogP contribution is 2.26. The molecular formula is C28H34BrN3O5S. The summed E-state index contributed by atoms with van der Waals surface area (Å²) in [5, 5.41) is 5.52. The summed E-state index contributed by atoms with van der Waals surface area (Å²) in [6.07, 6.45) is 4.84. The number of halogens is 1. The Bertz CT molecular complexity index is 1110. The zero-order valence-electron chi connectivity index (χ0n) is 21.5. The summed E-state index contributed by atoms with van der Waals surface area (Å²) in [6, 6.07) is 13.9. The van der Waals surface area contributed by atoms with Gasteiger partial charge in [-0.15, -0.1) is 0 Å². The van der Waals surface area contributed by atoms with Crippen molar-refractivity contribution in [2.75, 3.05) is 26.3 Å². The van der Waals surface area contributed by atoms with Crippen LogP contribution in [0, 0.1) is 0 Å². The molecule has 2 aromatic rings. The molecule has 10 heteroatoms. The molecule has 2 N–H and O–H groups in total. The molecule has 0 saturated carbocycles. The zero-order valence-corrected chi connectivity index (χ0v) is 23.9. The van der Waals surface area contributed by atoms with Gasteiger partial charge in [-0.2, -0.15) is 0 Å². The van der Waals surface area contributed by atoms with Crippen LogP contribution < -0.4 is 15.4 Å². The zero-order chi connectivity index (χ0) is 27.3. The minimum absolute atomic E-state index is 0.0827. The van der Waals surface area contributed by atoms with Gasteiger partial charge in [-0.1, -0.05) is 56.5 Å². The summed E-state index contributed by atoms with van der Waals surface area (Å²) in [6.45, 7) is 3.70. The number of esters is 1. The van der Waals surface area contributed by atoms with E-state index in [0.29, 0.717) is 41.9 Å². The van der Waals surface area contributed by atoms with Crippen LogP contribution in [0.5, 0.6) is 5.75 Å². The van der Waals surface area contributed by atoms with Gasteiger partial charge in [0.1, 0.15) is 11.8 Å². The van der Waals surface area contributed by atoms with Crippen molar-refractivity contribution in [3.63, 3.8) is 0 Å². The van der Waals surface area contributed by atoms with Crippen molar-refractivity contribution in [2.45, 2.75) is 51.5 Å². The SMILES string of the molecule is CCCCCCOc1ccc(C(=O)NC(=S)N2CCNC(=O)C2CC(=O)OCCc2ccccc2)cc1Br. The van der Waals surface area contributed by atoms with Gasteiger partial charge in [0.15, 0.2) is 5.11 Å². The van der Waals surface area contributed by atoms with Crippen LogP contribution in [0.15, 0.2) is 53.0 Å². The van der Waals surface area contributed by atoms with Gasteiger partial charge in [0.2, 0.25) is 5.91 Å². The molecule has 204 valence electrons. The second kappa shape index (κ2) is 15.4. The predicted molar refractivity (Wildman–Crippen MR) is 153 cm³/mol. The Morgan fingerprint density at radius 3 is 2.66 bits per heavy atom. The van der Waals surface area contributed by atoms with Gasteiger partial charge in [-0.3, -0.25) is 19.7 Å². The van der Waals surface area contributed by atoms with Crippen LogP contribution in [0.3, 0.4) is 0 Å². The van der Waals surface area contributed by atoms with E-state index < -0.39 is 17.9 Å². The average Bonchev–Trinajstić information content (AvgIpc) is 2.91. The number of unbranched alkanes of at least 4 members (excludes halogenated alkanes) is 3. The highest BCUT2D eigenvalue weighted by molar-refractivity contribution is 9.10. The maximum absolute atomic E-state index is 12.9. The van der Waals surface area contributed by atoms with E-state index in [-0.39, 0.29) is 24.0 Å². The van der Waals surface area contributed by atoms with Crippen molar-refractivity contribution in [2.24, 2.45) is 0 Å². The van der Waals surface area contributed by atoms with Crippen LogP contribution in [0.1, 0.15) is 54.9 Å². The summed E-state index contributed by atoms with van der Waals surface area (Å²) in [5.41, 5.74) is 1.44. The van der Waals surface area contributed by atoms with Crippen LogP contribution in [-0.2, 0) is 20.7 Å². The summed E-state index contributed by atoms with van der Waals surface area (Å²) < 4.78 is 11.8. The first kappa shape index (κ1) is 29.6. The summed E-state index contributed by atoms with van der Waals surface area (Å²) >= 11 is 8.93. The Balaban J connectivity index is 1.53. The molecule has 0 aliphatic carbocycles. The van der Waals surface area contributed by atoms with Gasteiger partial charge in [-0.05, 0) is 58.3 Å². The second-order valence-corrected chi connectivity index (χ2v) is 10.2. The lowest BCUT2D eigenvalue weighted by atomic mass is 10.1. The number of nitrogens with one attached hydrogen (secondary N) is 2. The highest BCUT2D eigenvalue weighted by Gasteiger charge is 2.34. The quantitative estimate of drug-likeness (QED) is 0.211. The smallest absolute Gasteiger partial charge is 0.308 e. The third kappa shape index (κ3) is 9.09. The van der Waals surface area contributed by atoms with Gasteiger partial charge in [0.05, 0.1) is 24.1 Å². The second-order valence-electron chi connectivity index (χ2n) is 8.97. The molecule has 0 aromatic heterocycles. The van der Waals surface area contributed by atoms with E-state index in [4.69, 9.17) is 21.7 Å². The lowest BCUT2D eigenvalue weighted by Crippen LogP contribution is -2.60. The standard InChI is InChI=1S/C28H34BrN3O5S/c1-2-3-4-8-16-36-24-12-11-21(18-22(24)29)26(34)31-28(38)32-15-14-30-27(35)23(32)19-25(33)37-17-13-20-9-6-5-7-10-20/h5-7,9-12,18,23H,2-4,8,13-17,19H2,1H3,(H,30,35)(H,31,34,38). The minimum atomic E-state index is -0.865. The Morgan fingerprint density at radius 1 is 1.13 bits per heavy atom. The number of rotatable bonds is 12. The molecule has 0 spiro atoms. The Kier molecular flexibility index (Phi) is 12.0. The molecule has 3 rings (SSSR count). The number of hydrogen-bond donors (Lipinski definition) is 2. The van der Waals surface area contributed by atoms with Crippen molar-refractivity contribution in [1.29, 1.82) is 0 Å². The molecule has 8 nitrogen and oxygen atoms in total. The number of thiocarbonyl (C=S) groups is 1. The topological polar surface area (TPSA) is 97.0 Å². The number of carbonyl (C=O) groups is 3. The van der Waals surface area contributed by atoms with E-state index in [1.165, 1.54) is 6.42 Å². The molecule has 1 unspecified atom stereocenters. The molecule has 1 saturated heterocycles. The predicted octanol–water partition coefficient (Wildman–Crippen LogP) is 4.40. The summed E-state index contributed by atoms with van der Waals surface area (Å²) in [7, 11) is 0. The maximum Gasteiger partial charge on any atom is 0.308 e. The number of carbonyl (C=O) groups excluding carboxylic acids is 3. The molecule has 0 bridgehead atoms. The molecule has 1 aliphatic rings. The summed E-state index contributed by atoms with van der Waals surface area (Å²) in [4.78, 5) is 39.5. The van der Waals surface area contributed by atoms with E-state index in [9.17, 15) is 14.4 Å². The molecule has 1 heterocycles. The average molecular weight is 605 g/mol. The first-order valence-corrected chi connectivity index (χ1v) is 14.1. The van der Waals surface area contributed by atoms with Gasteiger partial charge < -0.3 is 19.7 Å². The largest absolute Gasteiger partial charge is 0.492 e. The Morgan fingerprint density at radius 2 is 1.92 bits per heavy atom. The molecule has 1 aliphatic heterocycles. The Labute approximate surface area is 237 Å². The van der Waals surface area contributed by atoms with E-state index in [2.05, 4.69) is 33.5 Å². The van der Waals surface area contributed by atoms with Crippen LogP contribution >= 0.6 is 28.1 Å². The first-order chi connectivity index (χ1) is 18.4. The fraction of sp³-hybridized carbons (Fsp3) is 0.429. The van der Waals surface area contributed by atoms with Crippen LogP contribution in [-0.4, -0.2) is 60.1 Å². The lowest BCUT2D eigenvalue weighted by Gasteiger charge is -2.36. The third-order valence-corrected chi connectivity index (χ3v) is 7.07. The highest BCUT2D eigenvalue weighted by atomic mass is 79.9. The van der Waals surface area contributed by atoms with Crippen molar-refractivity contribution >= 4 is 51.0 Å². The number of hydrogen-bond acceptors (Lipinski definition) is 6. The molecule has 1 fully saturated rings. The fourth-order valence-corrected chi connectivity index (χ4v) is 4.82. The lowest BCUT2D eigenvalue weighted by molar-refractivity contribution is -0.147. The van der Waals surface area contributed by atoms with Gasteiger partial charge in [0, 0.05) is 25.1 Å². The van der Waals surface area contributed by atoms with E-state index in [0.717, 1.165) is 24.8 Å². The van der Waals surface area contributed by atoms with E-state index >= 15 is 0 Å². The number of amides is 2. The molecule has 2 aromatic carbocycles. The van der Waals surface area contributed by atoms with Gasteiger partial charge >= 0.3 is 5.97 Å². The van der Waals surface area contributed by atoms with E-state index in [1.807, 2.05) is 30.3 Å². The maximum atomic E-state index is 12.9. The number of benzene rings is 2. The molecule has 38 heavy (non-hydrogen) atoms. The summed E-state index contributed by atoms with van der Waals surface area (Å²) in [5.74, 6) is -0.591. The molecular weight excluding hydrogens is 570 g/mol. The monoisotopic (exact) mass is 603 g/mol. The third-order valence-electron chi connectivity index (χ3n) is 6.12. The van der Waals surface area contributed by atoms with Crippen molar-refractivity contribution in [1.82, 2.24) is 15.5 Å². The molecule has 0 radical (unpaired) electrons. The van der Waals surface area contributed by atoms with E-state index in [1.54, 1.807) is 23.1 Å².